The first kappa shape index (κ1) is 16.6. The molecule has 1 atom stereocenters. The van der Waals surface area contributed by atoms with Crippen molar-refractivity contribution in [3.63, 3.8) is 0 Å². The minimum absolute atomic E-state index is 0.118. The SMILES string of the molecule is CC(Sc1nc(O)cc(=O)[nH]1)C(=O)Nc1ccc(C(=O)O)cc1. The van der Waals surface area contributed by atoms with Crippen LogP contribution in [0, 0.1) is 0 Å². The van der Waals surface area contributed by atoms with Crippen LogP contribution in [0.25, 0.3) is 0 Å². The first-order valence-corrected chi connectivity index (χ1v) is 7.34. The number of rotatable bonds is 5. The Morgan fingerprint density at radius 3 is 2.52 bits per heavy atom. The van der Waals surface area contributed by atoms with Crippen LogP contribution in [0.3, 0.4) is 0 Å². The molecule has 1 unspecified atom stereocenters. The van der Waals surface area contributed by atoms with Crippen LogP contribution in [0.1, 0.15) is 17.3 Å². The number of hydrogen-bond donors (Lipinski definition) is 4. The third kappa shape index (κ3) is 4.58. The van der Waals surface area contributed by atoms with Crippen LogP contribution in [0.4, 0.5) is 5.69 Å². The third-order valence-electron chi connectivity index (χ3n) is 2.76. The van der Waals surface area contributed by atoms with Gasteiger partial charge in [-0.3, -0.25) is 9.59 Å². The van der Waals surface area contributed by atoms with Gasteiger partial charge >= 0.3 is 5.97 Å². The number of H-pyrrole nitrogens is 1. The molecule has 23 heavy (non-hydrogen) atoms. The lowest BCUT2D eigenvalue weighted by Crippen LogP contribution is -2.23. The maximum Gasteiger partial charge on any atom is 0.335 e. The van der Waals surface area contributed by atoms with E-state index in [1.54, 1.807) is 6.92 Å². The molecule has 1 amide bonds. The van der Waals surface area contributed by atoms with Gasteiger partial charge in [0.2, 0.25) is 11.8 Å². The summed E-state index contributed by atoms with van der Waals surface area (Å²) in [6.45, 7) is 1.61. The molecule has 0 radical (unpaired) electrons. The molecule has 4 N–H and O–H groups in total. The molecule has 9 heteroatoms. The van der Waals surface area contributed by atoms with Crippen LogP contribution in [-0.2, 0) is 4.79 Å². The summed E-state index contributed by atoms with van der Waals surface area (Å²) in [6.07, 6.45) is 0. The lowest BCUT2D eigenvalue weighted by molar-refractivity contribution is -0.115. The number of benzene rings is 1. The summed E-state index contributed by atoms with van der Waals surface area (Å²) in [7, 11) is 0. The number of amides is 1. The predicted octanol–water partition coefficient (Wildman–Crippen LogP) is 1.29. The lowest BCUT2D eigenvalue weighted by Gasteiger charge is -2.11. The molecule has 0 aliphatic heterocycles. The fourth-order valence-electron chi connectivity index (χ4n) is 1.64. The minimum atomic E-state index is -1.05. The van der Waals surface area contributed by atoms with E-state index in [0.717, 1.165) is 17.8 Å². The van der Waals surface area contributed by atoms with Crippen molar-refractivity contribution in [2.24, 2.45) is 0 Å². The number of aromatic carboxylic acids is 1. The highest BCUT2D eigenvalue weighted by molar-refractivity contribution is 8.00. The van der Waals surface area contributed by atoms with Gasteiger partial charge in [-0.25, -0.2) is 4.79 Å². The van der Waals surface area contributed by atoms with E-state index in [2.05, 4.69) is 15.3 Å². The quantitative estimate of drug-likeness (QED) is 0.478. The fraction of sp³-hybridized carbons (Fsp3) is 0.143. The van der Waals surface area contributed by atoms with E-state index in [1.807, 2.05) is 0 Å². The number of anilines is 1. The van der Waals surface area contributed by atoms with Crippen molar-refractivity contribution in [1.82, 2.24) is 9.97 Å². The largest absolute Gasteiger partial charge is 0.493 e. The predicted molar refractivity (Wildman–Crippen MR) is 83.9 cm³/mol. The number of carboxylic acid groups (broad SMARTS) is 1. The van der Waals surface area contributed by atoms with Crippen LogP contribution in [0.15, 0.2) is 40.3 Å². The second kappa shape index (κ2) is 6.97. The molecular formula is C14H13N3O5S. The minimum Gasteiger partial charge on any atom is -0.493 e. The van der Waals surface area contributed by atoms with E-state index in [-0.39, 0.29) is 16.6 Å². The van der Waals surface area contributed by atoms with Gasteiger partial charge in [0.05, 0.1) is 16.9 Å². The summed E-state index contributed by atoms with van der Waals surface area (Å²) >= 11 is 0.974. The number of nitrogens with zero attached hydrogens (tertiary/aromatic N) is 1. The Labute approximate surface area is 134 Å². The first-order chi connectivity index (χ1) is 10.8. The van der Waals surface area contributed by atoms with E-state index >= 15 is 0 Å². The normalized spacial score (nSPS) is 11.7. The van der Waals surface area contributed by atoms with Crippen molar-refractivity contribution in [3.8, 4) is 5.88 Å². The van der Waals surface area contributed by atoms with Crippen molar-refractivity contribution in [3.05, 3.63) is 46.2 Å². The molecule has 120 valence electrons. The molecule has 0 spiro atoms. The summed E-state index contributed by atoms with van der Waals surface area (Å²) in [5.41, 5.74) is 0.0497. The topological polar surface area (TPSA) is 132 Å². The van der Waals surface area contributed by atoms with Crippen LogP contribution in [-0.4, -0.2) is 37.3 Å². The standard InChI is InChI=1S/C14H13N3O5S/c1-7(23-14-16-10(18)6-11(19)17-14)12(20)15-9-4-2-8(3-5-9)13(21)22/h2-7H,1H3,(H,15,20)(H,21,22)(H2,16,17,18,19). The number of carbonyl (C=O) groups excluding carboxylic acids is 1. The Kier molecular flexibility index (Phi) is 5.02. The fourth-order valence-corrected chi connectivity index (χ4v) is 2.45. The van der Waals surface area contributed by atoms with Gasteiger partial charge < -0.3 is 20.5 Å². The monoisotopic (exact) mass is 335 g/mol. The second-order valence-electron chi connectivity index (χ2n) is 4.54. The molecule has 1 heterocycles. The number of hydrogen-bond acceptors (Lipinski definition) is 6. The summed E-state index contributed by atoms with van der Waals surface area (Å²) in [6, 6.07) is 6.65. The van der Waals surface area contributed by atoms with E-state index in [4.69, 9.17) is 5.11 Å². The van der Waals surface area contributed by atoms with E-state index in [9.17, 15) is 19.5 Å². The summed E-state index contributed by atoms with van der Waals surface area (Å²) < 4.78 is 0. The summed E-state index contributed by atoms with van der Waals surface area (Å²) in [4.78, 5) is 40.2. The van der Waals surface area contributed by atoms with Crippen LogP contribution >= 0.6 is 11.8 Å². The number of carboxylic acids is 1. The van der Waals surface area contributed by atoms with E-state index in [0.29, 0.717) is 5.69 Å². The van der Waals surface area contributed by atoms with Crippen molar-refractivity contribution in [2.45, 2.75) is 17.3 Å². The Bertz CT molecular complexity index is 788. The second-order valence-corrected chi connectivity index (χ2v) is 5.87. The van der Waals surface area contributed by atoms with Crippen LogP contribution < -0.4 is 10.9 Å². The van der Waals surface area contributed by atoms with Crippen molar-refractivity contribution >= 4 is 29.3 Å². The zero-order valence-corrected chi connectivity index (χ0v) is 12.8. The molecule has 0 aliphatic carbocycles. The van der Waals surface area contributed by atoms with E-state index < -0.39 is 22.7 Å². The van der Waals surface area contributed by atoms with Gasteiger partial charge in [0, 0.05) is 5.69 Å². The number of carbonyl (C=O) groups is 2. The molecule has 0 bridgehead atoms. The lowest BCUT2D eigenvalue weighted by atomic mass is 10.2. The molecule has 1 aromatic carbocycles. The number of nitrogens with one attached hydrogen (secondary N) is 2. The zero-order chi connectivity index (χ0) is 17.0. The van der Waals surface area contributed by atoms with Crippen molar-refractivity contribution in [1.29, 1.82) is 0 Å². The number of aromatic amines is 1. The molecule has 0 fully saturated rings. The number of thioether (sulfide) groups is 1. The molecule has 0 saturated carbocycles. The smallest absolute Gasteiger partial charge is 0.335 e. The molecule has 2 aromatic rings. The van der Waals surface area contributed by atoms with Gasteiger partial charge in [0.15, 0.2) is 5.16 Å². The van der Waals surface area contributed by atoms with Gasteiger partial charge in [0.1, 0.15) is 0 Å². The van der Waals surface area contributed by atoms with Gasteiger partial charge in [-0.2, -0.15) is 4.98 Å². The van der Waals surface area contributed by atoms with Gasteiger partial charge in [-0.15, -0.1) is 0 Å². The highest BCUT2D eigenvalue weighted by atomic mass is 32.2. The highest BCUT2D eigenvalue weighted by Gasteiger charge is 2.16. The summed E-state index contributed by atoms with van der Waals surface area (Å²) in [5.74, 6) is -1.83. The molecule has 1 aromatic heterocycles. The third-order valence-corrected chi connectivity index (χ3v) is 3.75. The van der Waals surface area contributed by atoms with Crippen LogP contribution in [0.5, 0.6) is 5.88 Å². The van der Waals surface area contributed by atoms with Crippen molar-refractivity contribution < 1.29 is 19.8 Å². The van der Waals surface area contributed by atoms with Crippen molar-refractivity contribution in [2.75, 3.05) is 5.32 Å². The zero-order valence-electron chi connectivity index (χ0n) is 11.9. The van der Waals surface area contributed by atoms with Crippen LogP contribution in [0.2, 0.25) is 0 Å². The Hall–Kier alpha value is -2.81. The Balaban J connectivity index is 2.02. The number of aromatic nitrogens is 2. The number of aromatic hydroxyl groups is 1. The average Bonchev–Trinajstić information content (AvgIpc) is 2.46. The Morgan fingerprint density at radius 2 is 1.96 bits per heavy atom. The van der Waals surface area contributed by atoms with Gasteiger partial charge in [-0.05, 0) is 31.2 Å². The Morgan fingerprint density at radius 1 is 1.30 bits per heavy atom. The maximum absolute atomic E-state index is 12.1. The highest BCUT2D eigenvalue weighted by Crippen LogP contribution is 2.21. The maximum atomic E-state index is 12.1. The molecule has 2 rings (SSSR count). The van der Waals surface area contributed by atoms with Gasteiger partial charge in [-0.1, -0.05) is 11.8 Å². The first-order valence-electron chi connectivity index (χ1n) is 6.46. The average molecular weight is 335 g/mol. The van der Waals surface area contributed by atoms with Gasteiger partial charge in [0.25, 0.3) is 5.56 Å². The summed E-state index contributed by atoms with van der Waals surface area (Å²) in [5, 5.41) is 20.2. The molecule has 8 nitrogen and oxygen atoms in total. The molecule has 0 saturated heterocycles. The molecular weight excluding hydrogens is 322 g/mol. The van der Waals surface area contributed by atoms with E-state index in [1.165, 1.54) is 24.3 Å². The molecule has 0 aliphatic rings.